The second-order valence-electron chi connectivity index (χ2n) is 6.04. The summed E-state index contributed by atoms with van der Waals surface area (Å²) < 4.78 is 24.7. The van der Waals surface area contributed by atoms with Crippen molar-refractivity contribution in [3.63, 3.8) is 0 Å². The molecule has 9 heteroatoms. The van der Waals surface area contributed by atoms with Gasteiger partial charge in [-0.15, -0.1) is 11.3 Å². The fourth-order valence-corrected chi connectivity index (χ4v) is 3.74. The Morgan fingerprint density at radius 1 is 1.18 bits per heavy atom. The SMILES string of the molecule is CS(=O)(=O)NCCc1ccc(-c2csc(N/N=C/c3ccccc3Cl)n2)cc1. The van der Waals surface area contributed by atoms with Crippen LogP contribution in [0.5, 0.6) is 0 Å². The second-order valence-corrected chi connectivity index (χ2v) is 9.14. The summed E-state index contributed by atoms with van der Waals surface area (Å²) in [5.41, 5.74) is 6.63. The third kappa shape index (κ3) is 6.13. The number of thiazole rings is 1. The highest BCUT2D eigenvalue weighted by atomic mass is 35.5. The van der Waals surface area contributed by atoms with Gasteiger partial charge in [0.2, 0.25) is 15.2 Å². The van der Waals surface area contributed by atoms with Gasteiger partial charge in [0.1, 0.15) is 0 Å². The number of benzene rings is 2. The molecule has 28 heavy (non-hydrogen) atoms. The number of hydrogen-bond acceptors (Lipinski definition) is 6. The van der Waals surface area contributed by atoms with E-state index in [-0.39, 0.29) is 0 Å². The molecule has 0 amide bonds. The van der Waals surface area contributed by atoms with E-state index in [1.807, 2.05) is 53.9 Å². The first-order valence-electron chi connectivity index (χ1n) is 8.44. The summed E-state index contributed by atoms with van der Waals surface area (Å²) in [7, 11) is -3.16. The maximum atomic E-state index is 11.1. The largest absolute Gasteiger partial charge is 0.253 e. The molecule has 2 aromatic carbocycles. The van der Waals surface area contributed by atoms with E-state index < -0.39 is 10.0 Å². The highest BCUT2D eigenvalue weighted by Crippen LogP contribution is 2.25. The number of hydrazone groups is 1. The van der Waals surface area contributed by atoms with Gasteiger partial charge in [-0.1, -0.05) is 54.1 Å². The van der Waals surface area contributed by atoms with Crippen molar-refractivity contribution in [2.45, 2.75) is 6.42 Å². The molecule has 6 nitrogen and oxygen atoms in total. The van der Waals surface area contributed by atoms with Crippen LogP contribution in [0.15, 0.2) is 59.0 Å². The number of aromatic nitrogens is 1. The van der Waals surface area contributed by atoms with Crippen LogP contribution in [0.2, 0.25) is 5.02 Å². The lowest BCUT2D eigenvalue weighted by atomic mass is 10.1. The molecule has 3 aromatic rings. The van der Waals surface area contributed by atoms with Gasteiger partial charge in [-0.3, -0.25) is 5.43 Å². The van der Waals surface area contributed by atoms with Gasteiger partial charge in [0.05, 0.1) is 18.2 Å². The van der Waals surface area contributed by atoms with Crippen LogP contribution < -0.4 is 10.1 Å². The Morgan fingerprint density at radius 3 is 2.64 bits per heavy atom. The predicted molar refractivity (Wildman–Crippen MR) is 117 cm³/mol. The summed E-state index contributed by atoms with van der Waals surface area (Å²) in [4.78, 5) is 4.53. The van der Waals surface area contributed by atoms with Crippen LogP contribution in [0.3, 0.4) is 0 Å². The predicted octanol–water partition coefficient (Wildman–Crippen LogP) is 4.00. The molecule has 0 aliphatic heterocycles. The lowest BCUT2D eigenvalue weighted by molar-refractivity contribution is 0.588. The van der Waals surface area contributed by atoms with E-state index in [1.54, 1.807) is 6.21 Å². The molecule has 0 radical (unpaired) electrons. The van der Waals surface area contributed by atoms with E-state index in [1.165, 1.54) is 11.3 Å². The van der Waals surface area contributed by atoms with Crippen LogP contribution in [0.4, 0.5) is 5.13 Å². The highest BCUT2D eigenvalue weighted by Gasteiger charge is 2.05. The molecule has 2 N–H and O–H groups in total. The fraction of sp³-hybridized carbons (Fsp3) is 0.158. The minimum atomic E-state index is -3.16. The number of sulfonamides is 1. The van der Waals surface area contributed by atoms with Crippen LogP contribution in [-0.2, 0) is 16.4 Å². The number of rotatable bonds is 8. The summed E-state index contributed by atoms with van der Waals surface area (Å²) in [5, 5.41) is 7.45. The minimum absolute atomic E-state index is 0.381. The molecule has 0 fully saturated rings. The van der Waals surface area contributed by atoms with Crippen LogP contribution in [0.25, 0.3) is 11.3 Å². The lowest BCUT2D eigenvalue weighted by Crippen LogP contribution is -2.24. The number of nitrogens with zero attached hydrogens (tertiary/aromatic N) is 2. The van der Waals surface area contributed by atoms with Gasteiger partial charge < -0.3 is 0 Å². The van der Waals surface area contributed by atoms with Crippen molar-refractivity contribution in [1.82, 2.24) is 9.71 Å². The molecule has 0 saturated carbocycles. The maximum Gasteiger partial charge on any atom is 0.208 e. The molecule has 0 aliphatic carbocycles. The Hall–Kier alpha value is -2.26. The zero-order chi connectivity index (χ0) is 20.0. The van der Waals surface area contributed by atoms with Crippen molar-refractivity contribution in [3.8, 4) is 11.3 Å². The summed E-state index contributed by atoms with van der Waals surface area (Å²) in [6.07, 6.45) is 3.44. The molecular weight excluding hydrogens is 416 g/mol. The van der Waals surface area contributed by atoms with Crippen molar-refractivity contribution in [2.75, 3.05) is 18.2 Å². The summed E-state index contributed by atoms with van der Waals surface area (Å²) in [6, 6.07) is 15.4. The smallest absolute Gasteiger partial charge is 0.208 e. The summed E-state index contributed by atoms with van der Waals surface area (Å²) in [5.74, 6) is 0. The molecule has 0 spiro atoms. The van der Waals surface area contributed by atoms with Gasteiger partial charge >= 0.3 is 0 Å². The van der Waals surface area contributed by atoms with Gasteiger partial charge in [-0.05, 0) is 18.1 Å². The molecule has 0 bridgehead atoms. The van der Waals surface area contributed by atoms with Crippen molar-refractivity contribution in [1.29, 1.82) is 0 Å². The topological polar surface area (TPSA) is 83.5 Å². The van der Waals surface area contributed by atoms with Crippen LogP contribution in [0.1, 0.15) is 11.1 Å². The molecule has 0 aliphatic rings. The summed E-state index contributed by atoms with van der Waals surface area (Å²) in [6.45, 7) is 0.381. The minimum Gasteiger partial charge on any atom is -0.253 e. The van der Waals surface area contributed by atoms with Crippen LogP contribution in [0, 0.1) is 0 Å². The van der Waals surface area contributed by atoms with Gasteiger partial charge in [0.25, 0.3) is 0 Å². The first kappa shape index (κ1) is 20.5. The number of anilines is 1. The monoisotopic (exact) mass is 434 g/mol. The van der Waals surface area contributed by atoms with E-state index in [9.17, 15) is 8.42 Å². The van der Waals surface area contributed by atoms with E-state index in [0.717, 1.165) is 28.6 Å². The Morgan fingerprint density at radius 2 is 1.93 bits per heavy atom. The average Bonchev–Trinajstić information content (AvgIpc) is 3.12. The molecule has 0 saturated heterocycles. The molecule has 1 aromatic heterocycles. The quantitative estimate of drug-likeness (QED) is 0.414. The zero-order valence-corrected chi connectivity index (χ0v) is 17.5. The second kappa shape index (κ2) is 9.29. The zero-order valence-electron chi connectivity index (χ0n) is 15.1. The molecular formula is C19H19ClN4O2S2. The molecule has 1 heterocycles. The van der Waals surface area contributed by atoms with Gasteiger partial charge in [0.15, 0.2) is 0 Å². The first-order chi connectivity index (χ1) is 13.4. The summed E-state index contributed by atoms with van der Waals surface area (Å²) >= 11 is 7.55. The van der Waals surface area contributed by atoms with E-state index in [2.05, 4.69) is 20.2 Å². The van der Waals surface area contributed by atoms with Gasteiger partial charge in [0, 0.05) is 28.1 Å². The normalized spacial score (nSPS) is 11.8. The highest BCUT2D eigenvalue weighted by molar-refractivity contribution is 7.88. The van der Waals surface area contributed by atoms with Gasteiger partial charge in [-0.2, -0.15) is 5.10 Å². The molecule has 0 unspecified atom stereocenters. The van der Waals surface area contributed by atoms with Crippen molar-refractivity contribution in [2.24, 2.45) is 5.10 Å². The number of nitrogens with one attached hydrogen (secondary N) is 2. The fourth-order valence-electron chi connectivity index (χ4n) is 2.42. The van der Waals surface area contributed by atoms with E-state index >= 15 is 0 Å². The Bertz CT molecular complexity index is 1060. The Kier molecular flexibility index (Phi) is 6.79. The van der Waals surface area contributed by atoms with E-state index in [4.69, 9.17) is 11.6 Å². The molecule has 146 valence electrons. The van der Waals surface area contributed by atoms with Crippen LogP contribution >= 0.6 is 22.9 Å². The van der Waals surface area contributed by atoms with E-state index in [0.29, 0.717) is 23.1 Å². The average molecular weight is 435 g/mol. The number of halogens is 1. The van der Waals surface area contributed by atoms with Crippen molar-refractivity contribution >= 4 is 44.3 Å². The Labute approximate surface area is 173 Å². The standard InChI is InChI=1S/C19H19ClN4O2S2/c1-28(25,26)22-11-10-14-6-8-15(9-7-14)18-13-27-19(23-18)24-21-12-16-4-2-3-5-17(16)20/h2-9,12-13,22H,10-11H2,1H3,(H,23,24)/b21-12+. The molecule has 0 atom stereocenters. The molecule has 3 rings (SSSR count). The first-order valence-corrected chi connectivity index (χ1v) is 11.6. The Balaban J connectivity index is 1.58. The van der Waals surface area contributed by atoms with Crippen molar-refractivity contribution < 1.29 is 8.42 Å². The third-order valence-corrected chi connectivity index (χ3v) is 5.62. The van der Waals surface area contributed by atoms with Gasteiger partial charge in [-0.25, -0.2) is 18.1 Å². The maximum absolute atomic E-state index is 11.1. The van der Waals surface area contributed by atoms with Crippen molar-refractivity contribution in [3.05, 3.63) is 70.1 Å². The number of hydrogen-bond donors (Lipinski definition) is 2. The third-order valence-electron chi connectivity index (χ3n) is 3.80. The lowest BCUT2D eigenvalue weighted by Gasteiger charge is -2.04. The van der Waals surface area contributed by atoms with Crippen LogP contribution in [-0.4, -0.2) is 32.4 Å².